The van der Waals surface area contributed by atoms with Crippen molar-refractivity contribution in [1.82, 2.24) is 0 Å². The van der Waals surface area contributed by atoms with Gasteiger partial charge in [-0.2, -0.15) is 0 Å². The van der Waals surface area contributed by atoms with Crippen molar-refractivity contribution < 1.29 is 32.7 Å². The Morgan fingerprint density at radius 3 is 2.45 bits per heavy atom. The van der Waals surface area contributed by atoms with Crippen LogP contribution in [0.25, 0.3) is 0 Å². The first-order chi connectivity index (χ1) is 14.9. The lowest BCUT2D eigenvalue weighted by molar-refractivity contribution is -0.151. The van der Waals surface area contributed by atoms with Gasteiger partial charge in [0.15, 0.2) is 0 Å². The molecule has 1 aliphatic rings. The summed E-state index contributed by atoms with van der Waals surface area (Å²) in [6.07, 6.45) is 8.30. The fraction of sp³-hybridized carbons (Fsp3) is 0.565. The number of rotatable bonds is 12. The van der Waals surface area contributed by atoms with E-state index in [4.69, 9.17) is 18.5 Å². The molecule has 1 atom stereocenters. The van der Waals surface area contributed by atoms with Crippen molar-refractivity contribution in [3.63, 3.8) is 0 Å². The molecule has 0 aromatic heterocycles. The van der Waals surface area contributed by atoms with E-state index in [1.807, 2.05) is 19.1 Å². The molecule has 0 heterocycles. The molecule has 0 aliphatic heterocycles. The quantitative estimate of drug-likeness (QED) is 0.175. The molecule has 0 saturated heterocycles. The van der Waals surface area contributed by atoms with E-state index in [1.54, 1.807) is 24.3 Å². The lowest BCUT2D eigenvalue weighted by Crippen LogP contribution is -2.16. The van der Waals surface area contributed by atoms with Gasteiger partial charge in [-0.25, -0.2) is 4.57 Å². The molecule has 1 unspecified atom stereocenters. The standard InChI is InChI=1S/C23H33O7P/c1-19(17-27-20(2)24)10-9-15-31(26,30-22-13-7-4-8-14-22)29-18-28-23(25)16-21-11-5-3-6-12-21/h4,7-8,10,13-14,21H,3,5-6,9,11-12,15-18H2,1-2H3/b19-10+. The molecule has 8 heteroatoms. The minimum absolute atomic E-state index is 0.0967. The van der Waals surface area contributed by atoms with E-state index in [1.165, 1.54) is 13.3 Å². The van der Waals surface area contributed by atoms with Crippen molar-refractivity contribution in [2.45, 2.75) is 58.8 Å². The number of carbonyl (C=O) groups is 2. The van der Waals surface area contributed by atoms with E-state index >= 15 is 0 Å². The second kappa shape index (κ2) is 13.3. The van der Waals surface area contributed by atoms with Gasteiger partial charge in [0.25, 0.3) is 0 Å². The van der Waals surface area contributed by atoms with Crippen molar-refractivity contribution >= 4 is 19.5 Å². The van der Waals surface area contributed by atoms with Gasteiger partial charge in [0.05, 0.1) is 6.16 Å². The maximum atomic E-state index is 13.3. The Labute approximate surface area is 184 Å². The van der Waals surface area contributed by atoms with Gasteiger partial charge >= 0.3 is 19.5 Å². The molecule has 1 aliphatic carbocycles. The average Bonchev–Trinajstić information content (AvgIpc) is 2.73. The van der Waals surface area contributed by atoms with Crippen molar-refractivity contribution in [2.75, 3.05) is 19.6 Å². The Morgan fingerprint density at radius 1 is 1.06 bits per heavy atom. The number of hydrogen-bond acceptors (Lipinski definition) is 7. The Bertz CT molecular complexity index is 769. The van der Waals surface area contributed by atoms with Crippen LogP contribution in [0, 0.1) is 5.92 Å². The van der Waals surface area contributed by atoms with Gasteiger partial charge < -0.3 is 14.0 Å². The predicted molar refractivity (Wildman–Crippen MR) is 118 cm³/mol. The second-order valence-electron chi connectivity index (χ2n) is 7.83. The first kappa shape index (κ1) is 25.2. The summed E-state index contributed by atoms with van der Waals surface area (Å²) in [4.78, 5) is 23.0. The summed E-state index contributed by atoms with van der Waals surface area (Å²) in [5, 5.41) is 0. The van der Waals surface area contributed by atoms with E-state index in [0.29, 0.717) is 24.5 Å². The Morgan fingerprint density at radius 2 is 1.77 bits per heavy atom. The SMILES string of the molecule is CC(=O)OC/C(C)=C/CCP(=O)(OCOC(=O)CC1CCCCC1)Oc1ccccc1. The monoisotopic (exact) mass is 452 g/mol. The highest BCUT2D eigenvalue weighted by Gasteiger charge is 2.27. The molecule has 0 amide bonds. The highest BCUT2D eigenvalue weighted by atomic mass is 31.2. The molecule has 0 bridgehead atoms. The summed E-state index contributed by atoms with van der Waals surface area (Å²) in [5.74, 6) is 0.0819. The summed E-state index contributed by atoms with van der Waals surface area (Å²) in [5.41, 5.74) is 0.834. The third kappa shape index (κ3) is 10.7. The molecule has 2 rings (SSSR count). The van der Waals surface area contributed by atoms with E-state index in [9.17, 15) is 14.2 Å². The zero-order valence-electron chi connectivity index (χ0n) is 18.4. The summed E-state index contributed by atoms with van der Waals surface area (Å²) in [6.45, 7) is 2.93. The summed E-state index contributed by atoms with van der Waals surface area (Å²) in [7, 11) is -3.56. The third-order valence-electron chi connectivity index (χ3n) is 5.04. The molecular formula is C23H33O7P. The van der Waals surface area contributed by atoms with Crippen LogP contribution in [0.5, 0.6) is 5.75 Å². The topological polar surface area (TPSA) is 88.1 Å². The largest absolute Gasteiger partial charge is 0.461 e. The molecule has 1 fully saturated rings. The van der Waals surface area contributed by atoms with Crippen LogP contribution in [0.4, 0.5) is 0 Å². The van der Waals surface area contributed by atoms with Gasteiger partial charge in [-0.1, -0.05) is 43.5 Å². The highest BCUT2D eigenvalue weighted by Crippen LogP contribution is 2.49. The fourth-order valence-corrected chi connectivity index (χ4v) is 4.75. The summed E-state index contributed by atoms with van der Waals surface area (Å²) >= 11 is 0. The maximum Gasteiger partial charge on any atom is 0.382 e. The van der Waals surface area contributed by atoms with Crippen molar-refractivity contribution in [1.29, 1.82) is 0 Å². The van der Waals surface area contributed by atoms with Gasteiger partial charge in [0.1, 0.15) is 12.4 Å². The van der Waals surface area contributed by atoms with E-state index < -0.39 is 14.4 Å². The van der Waals surface area contributed by atoms with Crippen LogP contribution in [0.1, 0.15) is 58.8 Å². The molecule has 1 saturated carbocycles. The minimum Gasteiger partial charge on any atom is -0.461 e. The van der Waals surface area contributed by atoms with E-state index in [2.05, 4.69) is 0 Å². The van der Waals surface area contributed by atoms with Gasteiger partial charge in [-0.15, -0.1) is 0 Å². The second-order valence-corrected chi connectivity index (χ2v) is 9.94. The number of carbonyl (C=O) groups excluding carboxylic acids is 2. The van der Waals surface area contributed by atoms with Crippen molar-refractivity contribution in [3.05, 3.63) is 42.0 Å². The smallest absolute Gasteiger partial charge is 0.382 e. The molecule has 0 spiro atoms. The predicted octanol–water partition coefficient (Wildman–Crippen LogP) is 5.65. The van der Waals surface area contributed by atoms with Crippen LogP contribution in [0.15, 0.2) is 42.0 Å². The zero-order chi connectivity index (χ0) is 22.5. The van der Waals surface area contributed by atoms with Crippen LogP contribution >= 0.6 is 7.60 Å². The molecule has 172 valence electrons. The van der Waals surface area contributed by atoms with Crippen LogP contribution < -0.4 is 4.52 Å². The molecule has 0 radical (unpaired) electrons. The maximum absolute atomic E-state index is 13.3. The Hall–Kier alpha value is -2.11. The van der Waals surface area contributed by atoms with Crippen LogP contribution in [0.2, 0.25) is 0 Å². The number of ether oxygens (including phenoxy) is 2. The Kier molecular flexibility index (Phi) is 10.8. The van der Waals surface area contributed by atoms with Gasteiger partial charge in [0.2, 0.25) is 6.79 Å². The van der Waals surface area contributed by atoms with E-state index in [0.717, 1.165) is 31.3 Å². The van der Waals surface area contributed by atoms with Crippen molar-refractivity contribution in [2.24, 2.45) is 5.92 Å². The number of esters is 2. The van der Waals surface area contributed by atoms with Crippen LogP contribution in [-0.4, -0.2) is 31.5 Å². The summed E-state index contributed by atoms with van der Waals surface area (Å²) in [6, 6.07) is 8.74. The molecule has 1 aromatic carbocycles. The fourth-order valence-electron chi connectivity index (χ4n) is 3.38. The van der Waals surface area contributed by atoms with Crippen molar-refractivity contribution in [3.8, 4) is 5.75 Å². The molecule has 0 N–H and O–H groups in total. The number of hydrogen-bond donors (Lipinski definition) is 0. The first-order valence-electron chi connectivity index (χ1n) is 10.8. The Balaban J connectivity index is 1.87. The minimum atomic E-state index is -3.56. The first-order valence-corrected chi connectivity index (χ1v) is 12.5. The normalized spacial score (nSPS) is 16.9. The summed E-state index contributed by atoms with van der Waals surface area (Å²) < 4.78 is 34.5. The molecular weight excluding hydrogens is 419 g/mol. The number of allylic oxidation sites excluding steroid dienone is 1. The lowest BCUT2D eigenvalue weighted by atomic mass is 9.87. The third-order valence-corrected chi connectivity index (χ3v) is 6.83. The number of benzene rings is 1. The van der Waals surface area contributed by atoms with Gasteiger partial charge in [-0.3, -0.25) is 14.1 Å². The lowest BCUT2D eigenvalue weighted by Gasteiger charge is -2.21. The van der Waals surface area contributed by atoms with Gasteiger partial charge in [0, 0.05) is 13.3 Å². The molecule has 1 aromatic rings. The average molecular weight is 452 g/mol. The van der Waals surface area contributed by atoms with E-state index in [-0.39, 0.29) is 24.7 Å². The highest BCUT2D eigenvalue weighted by molar-refractivity contribution is 7.54. The van der Waals surface area contributed by atoms with Crippen LogP contribution in [0.3, 0.4) is 0 Å². The van der Waals surface area contributed by atoms with Gasteiger partial charge in [-0.05, 0) is 49.8 Å². The molecule has 31 heavy (non-hydrogen) atoms. The molecule has 7 nitrogen and oxygen atoms in total. The van der Waals surface area contributed by atoms with Crippen LogP contribution in [-0.2, 0) is 28.2 Å². The number of para-hydroxylation sites is 1. The zero-order valence-corrected chi connectivity index (χ0v) is 19.3.